The van der Waals surface area contributed by atoms with Crippen LogP contribution in [0, 0.1) is 0 Å². The van der Waals surface area contributed by atoms with Crippen LogP contribution in [0.2, 0.25) is 5.02 Å². The van der Waals surface area contributed by atoms with Gasteiger partial charge < -0.3 is 19.9 Å². The number of ether oxygens (including phenoxy) is 1. The Morgan fingerprint density at radius 1 is 1.03 bits per heavy atom. The number of aromatic carboxylic acids is 1. The van der Waals surface area contributed by atoms with E-state index in [9.17, 15) is 24.6 Å². The Bertz CT molecular complexity index is 1570. The van der Waals surface area contributed by atoms with E-state index >= 15 is 0 Å². The molecule has 1 aliphatic heterocycles. The second-order valence-electron chi connectivity index (χ2n) is 8.05. The number of methoxy groups -OCH3 is 1. The first kappa shape index (κ1) is 23.1. The van der Waals surface area contributed by atoms with E-state index in [1.807, 2.05) is 0 Å². The van der Waals surface area contributed by atoms with Gasteiger partial charge in [-0.2, -0.15) is 0 Å². The predicted octanol–water partition coefficient (Wildman–Crippen LogP) is 4.55. The van der Waals surface area contributed by atoms with Gasteiger partial charge in [-0.15, -0.1) is 0 Å². The Kier molecular flexibility index (Phi) is 5.69. The number of rotatable bonds is 5. The van der Waals surface area contributed by atoms with Crippen molar-refractivity contribution in [3.8, 4) is 5.75 Å². The summed E-state index contributed by atoms with van der Waals surface area (Å²) in [4.78, 5) is 46.5. The Labute approximate surface area is 209 Å². The second-order valence-corrected chi connectivity index (χ2v) is 8.49. The standard InChI is InChI=1S/C26H18ClN3O6/c1-36-17-8-5-13(6-9-17)21-20(22(31)14-3-2-4-16(27)11-14)23(32)24(33)30(21)26-28-18-10-7-15(25(34)35)12-19(18)29-26/h2-12,21,31H,1H3,(H,28,29)(H,34,35)/b22-20+. The highest BCUT2D eigenvalue weighted by Gasteiger charge is 2.48. The maximum atomic E-state index is 13.3. The van der Waals surface area contributed by atoms with Crippen LogP contribution >= 0.6 is 11.6 Å². The molecule has 1 unspecified atom stereocenters. The van der Waals surface area contributed by atoms with Crippen molar-refractivity contribution in [3.05, 3.63) is 94.0 Å². The van der Waals surface area contributed by atoms with Crippen LogP contribution in [0.4, 0.5) is 5.95 Å². The molecule has 0 aliphatic carbocycles. The number of imidazole rings is 1. The fraction of sp³-hybridized carbons (Fsp3) is 0.0769. The van der Waals surface area contributed by atoms with Crippen molar-refractivity contribution < 1.29 is 29.3 Å². The van der Waals surface area contributed by atoms with Gasteiger partial charge in [0.25, 0.3) is 5.78 Å². The van der Waals surface area contributed by atoms with E-state index in [0.29, 0.717) is 27.4 Å². The summed E-state index contributed by atoms with van der Waals surface area (Å²) in [6, 6.07) is 16.3. The molecule has 1 aromatic heterocycles. The van der Waals surface area contributed by atoms with Gasteiger partial charge in [0.2, 0.25) is 5.95 Å². The van der Waals surface area contributed by atoms with E-state index < -0.39 is 23.7 Å². The summed E-state index contributed by atoms with van der Waals surface area (Å²) >= 11 is 6.09. The van der Waals surface area contributed by atoms with Crippen LogP contribution in [-0.4, -0.2) is 45.0 Å². The number of carbonyl (C=O) groups is 3. The van der Waals surface area contributed by atoms with E-state index in [1.54, 1.807) is 42.5 Å². The van der Waals surface area contributed by atoms with Gasteiger partial charge in [0, 0.05) is 10.6 Å². The molecule has 1 amide bonds. The zero-order chi connectivity index (χ0) is 25.6. The number of fused-ring (bicyclic) bond motifs is 1. The highest BCUT2D eigenvalue weighted by atomic mass is 35.5. The first-order chi connectivity index (χ1) is 17.3. The van der Waals surface area contributed by atoms with Gasteiger partial charge in [-0.05, 0) is 48.0 Å². The van der Waals surface area contributed by atoms with E-state index in [-0.39, 0.29) is 28.4 Å². The van der Waals surface area contributed by atoms with E-state index in [4.69, 9.17) is 16.3 Å². The molecule has 3 N–H and O–H groups in total. The molecule has 0 spiro atoms. The number of hydrogen-bond acceptors (Lipinski definition) is 6. The largest absolute Gasteiger partial charge is 0.507 e. The van der Waals surface area contributed by atoms with Gasteiger partial charge in [-0.1, -0.05) is 35.9 Å². The van der Waals surface area contributed by atoms with Gasteiger partial charge in [0.15, 0.2) is 0 Å². The molecule has 1 aliphatic rings. The summed E-state index contributed by atoms with van der Waals surface area (Å²) in [6.45, 7) is 0. The molecule has 10 heteroatoms. The summed E-state index contributed by atoms with van der Waals surface area (Å²) in [6.07, 6.45) is 0. The maximum Gasteiger partial charge on any atom is 0.335 e. The third-order valence-electron chi connectivity index (χ3n) is 5.92. The SMILES string of the molecule is COc1ccc(C2/C(=C(\O)c3cccc(Cl)c3)C(=O)C(=O)N2c2nc3ccc(C(=O)O)cc3[nH]2)cc1. The maximum absolute atomic E-state index is 13.3. The van der Waals surface area contributed by atoms with Gasteiger partial charge >= 0.3 is 11.9 Å². The minimum Gasteiger partial charge on any atom is -0.507 e. The van der Waals surface area contributed by atoms with E-state index in [1.165, 1.54) is 31.4 Å². The van der Waals surface area contributed by atoms with Crippen molar-refractivity contribution in [1.29, 1.82) is 0 Å². The number of nitrogens with one attached hydrogen (secondary N) is 1. The van der Waals surface area contributed by atoms with Crippen LogP contribution in [-0.2, 0) is 9.59 Å². The van der Waals surface area contributed by atoms with Crippen LogP contribution in [0.25, 0.3) is 16.8 Å². The number of aliphatic hydroxyl groups is 1. The number of carboxylic acids is 1. The second kappa shape index (κ2) is 8.86. The highest BCUT2D eigenvalue weighted by molar-refractivity contribution is 6.51. The Balaban J connectivity index is 1.71. The average Bonchev–Trinajstić information content (AvgIpc) is 3.41. The van der Waals surface area contributed by atoms with Gasteiger partial charge in [-0.3, -0.25) is 14.5 Å². The summed E-state index contributed by atoms with van der Waals surface area (Å²) in [5, 5.41) is 20.8. The molecule has 180 valence electrons. The molecule has 3 aromatic carbocycles. The van der Waals surface area contributed by atoms with Crippen molar-refractivity contribution in [3.63, 3.8) is 0 Å². The van der Waals surface area contributed by atoms with Crippen LogP contribution in [0.3, 0.4) is 0 Å². The number of H-pyrrole nitrogens is 1. The number of carboxylic acid groups (broad SMARTS) is 1. The van der Waals surface area contributed by atoms with Gasteiger partial charge in [-0.25, -0.2) is 9.78 Å². The highest BCUT2D eigenvalue weighted by Crippen LogP contribution is 2.42. The lowest BCUT2D eigenvalue weighted by Gasteiger charge is -2.23. The van der Waals surface area contributed by atoms with Crippen molar-refractivity contribution in [1.82, 2.24) is 9.97 Å². The van der Waals surface area contributed by atoms with Gasteiger partial charge in [0.1, 0.15) is 11.5 Å². The first-order valence-electron chi connectivity index (χ1n) is 10.7. The minimum atomic E-state index is -1.12. The number of halogens is 1. The average molecular weight is 504 g/mol. The number of ketones is 1. The lowest BCUT2D eigenvalue weighted by molar-refractivity contribution is -0.132. The molecule has 0 radical (unpaired) electrons. The van der Waals surface area contributed by atoms with Crippen molar-refractivity contribution in [2.45, 2.75) is 6.04 Å². The number of amides is 1. The quantitative estimate of drug-likeness (QED) is 0.207. The molecule has 4 aromatic rings. The van der Waals surface area contributed by atoms with Crippen molar-refractivity contribution in [2.24, 2.45) is 0 Å². The van der Waals surface area contributed by atoms with Crippen LogP contribution in [0.5, 0.6) is 5.75 Å². The normalized spacial score (nSPS) is 17.1. The van der Waals surface area contributed by atoms with Gasteiger partial charge in [0.05, 0.1) is 35.3 Å². The molecule has 5 rings (SSSR count). The number of carbonyl (C=O) groups excluding carboxylic acids is 2. The summed E-state index contributed by atoms with van der Waals surface area (Å²) in [5.74, 6) is -2.72. The molecule has 36 heavy (non-hydrogen) atoms. The Hall–Kier alpha value is -4.63. The molecule has 0 bridgehead atoms. The third kappa shape index (κ3) is 3.85. The molecule has 0 saturated carbocycles. The molecule has 9 nitrogen and oxygen atoms in total. The number of anilines is 1. The zero-order valence-electron chi connectivity index (χ0n) is 18.7. The van der Waals surface area contributed by atoms with Crippen molar-refractivity contribution >= 4 is 52.0 Å². The predicted molar refractivity (Wildman–Crippen MR) is 132 cm³/mol. The fourth-order valence-corrected chi connectivity index (χ4v) is 4.38. The molecular formula is C26H18ClN3O6. The number of Topliss-reactive ketones (excluding diaryl/α,β-unsaturated/α-hetero) is 1. The first-order valence-corrected chi connectivity index (χ1v) is 11.1. The molecule has 1 atom stereocenters. The molecule has 1 saturated heterocycles. The van der Waals surface area contributed by atoms with Crippen LogP contribution < -0.4 is 9.64 Å². The monoisotopic (exact) mass is 503 g/mol. The summed E-state index contributed by atoms with van der Waals surface area (Å²) in [5.41, 5.74) is 1.46. The number of nitrogens with zero attached hydrogens (tertiary/aromatic N) is 2. The number of aromatic nitrogens is 2. The molecular weight excluding hydrogens is 486 g/mol. The van der Waals surface area contributed by atoms with Crippen LogP contribution in [0.15, 0.2) is 72.3 Å². The Morgan fingerprint density at radius 3 is 2.44 bits per heavy atom. The minimum absolute atomic E-state index is 0.0283. The Morgan fingerprint density at radius 2 is 1.78 bits per heavy atom. The summed E-state index contributed by atoms with van der Waals surface area (Å²) in [7, 11) is 1.51. The number of aliphatic hydroxyl groups excluding tert-OH is 1. The van der Waals surface area contributed by atoms with E-state index in [2.05, 4.69) is 9.97 Å². The third-order valence-corrected chi connectivity index (χ3v) is 6.15. The molecule has 1 fully saturated rings. The molecule has 2 heterocycles. The fourth-order valence-electron chi connectivity index (χ4n) is 4.19. The smallest absolute Gasteiger partial charge is 0.335 e. The number of hydrogen-bond donors (Lipinski definition) is 3. The number of benzene rings is 3. The zero-order valence-corrected chi connectivity index (χ0v) is 19.5. The van der Waals surface area contributed by atoms with Crippen molar-refractivity contribution in [2.75, 3.05) is 12.0 Å². The van der Waals surface area contributed by atoms with E-state index in [0.717, 1.165) is 4.90 Å². The lowest BCUT2D eigenvalue weighted by atomic mass is 9.95. The van der Waals surface area contributed by atoms with Crippen LogP contribution in [0.1, 0.15) is 27.5 Å². The lowest BCUT2D eigenvalue weighted by Crippen LogP contribution is -2.30. The topological polar surface area (TPSA) is 133 Å². The number of aromatic amines is 1. The summed E-state index contributed by atoms with van der Waals surface area (Å²) < 4.78 is 5.22.